The van der Waals surface area contributed by atoms with E-state index < -0.39 is 0 Å². The third kappa shape index (κ3) is 4.18. The first-order valence-electron chi connectivity index (χ1n) is 11.4. The maximum absolute atomic E-state index is 14.2. The Hall–Kier alpha value is -2.67. The summed E-state index contributed by atoms with van der Waals surface area (Å²) >= 11 is 0. The zero-order chi connectivity index (χ0) is 21.9. The molecule has 0 aliphatic carbocycles. The van der Waals surface area contributed by atoms with Gasteiger partial charge in [-0.2, -0.15) is 0 Å². The van der Waals surface area contributed by atoms with E-state index >= 15 is 0 Å². The quantitative estimate of drug-likeness (QED) is 0.666. The minimum absolute atomic E-state index is 0.138. The van der Waals surface area contributed by atoms with Crippen LogP contribution in [0.5, 0.6) is 0 Å². The van der Waals surface area contributed by atoms with Gasteiger partial charge in [-0.15, -0.1) is 0 Å². The number of fused-ring (bicyclic) bond motifs is 1. The molecule has 0 bridgehead atoms. The molecule has 5 nitrogen and oxygen atoms in total. The Kier molecular flexibility index (Phi) is 6.26. The Balaban J connectivity index is 1.37. The summed E-state index contributed by atoms with van der Waals surface area (Å²) in [4.78, 5) is 13.3. The van der Waals surface area contributed by atoms with Crippen molar-refractivity contribution in [2.45, 2.75) is 37.4 Å². The third-order valence-electron chi connectivity index (χ3n) is 6.95. The molecule has 2 aliphatic heterocycles. The second-order valence-corrected chi connectivity index (χ2v) is 8.87. The van der Waals surface area contributed by atoms with Crippen LogP contribution < -0.4 is 0 Å². The maximum atomic E-state index is 14.2. The number of halogens is 1. The van der Waals surface area contributed by atoms with Crippen molar-refractivity contribution in [3.8, 4) is 11.1 Å². The fourth-order valence-corrected chi connectivity index (χ4v) is 5.41. The maximum Gasteiger partial charge on any atom is 0.131 e. The van der Waals surface area contributed by atoms with Gasteiger partial charge in [0.05, 0.1) is 6.61 Å². The first-order valence-corrected chi connectivity index (χ1v) is 11.4. The number of aliphatic hydroxyl groups is 1. The molecular weight excluding hydrogens is 403 g/mol. The van der Waals surface area contributed by atoms with Gasteiger partial charge in [-0.3, -0.25) is 9.80 Å². The molecule has 0 unspecified atom stereocenters. The van der Waals surface area contributed by atoms with Gasteiger partial charge in [0.25, 0.3) is 0 Å². The lowest BCUT2D eigenvalue weighted by Gasteiger charge is -2.57. The molecule has 2 fully saturated rings. The molecule has 32 heavy (non-hydrogen) atoms. The van der Waals surface area contributed by atoms with Crippen molar-refractivity contribution in [2.24, 2.45) is 0 Å². The van der Waals surface area contributed by atoms with Crippen LogP contribution in [0.25, 0.3) is 11.1 Å². The third-order valence-corrected chi connectivity index (χ3v) is 6.95. The fraction of sp³-hybridized carbons (Fsp3) is 0.385. The van der Waals surface area contributed by atoms with E-state index in [1.54, 1.807) is 12.4 Å². The molecule has 3 aromatic rings. The molecule has 3 heterocycles. The summed E-state index contributed by atoms with van der Waals surface area (Å²) in [5.41, 5.74) is 3.85. The summed E-state index contributed by atoms with van der Waals surface area (Å²) in [5.74, 6) is 0.0612. The molecule has 0 amide bonds. The average molecular weight is 433 g/mol. The van der Waals surface area contributed by atoms with Gasteiger partial charge >= 0.3 is 0 Å². The minimum Gasteiger partial charge on any atom is -0.395 e. The summed E-state index contributed by atoms with van der Waals surface area (Å²) in [6.45, 7) is 4.03. The standard InChI is InChI=1S/C26H29FN4O/c27-23-6-2-1-5-22(23)20-7-9-21(10-8-20)26-24-16-30(15-19-13-28-18-29-14-19)11-3-4-12-31(24)25(26)17-32/h1-2,5-10,13-14,18,24-26,32H,3-4,11-12,15-17H2/t24-,25-,26+/m0/s1. The van der Waals surface area contributed by atoms with E-state index in [1.807, 2.05) is 36.7 Å². The van der Waals surface area contributed by atoms with Crippen LogP contribution in [0, 0.1) is 5.82 Å². The second-order valence-electron chi connectivity index (χ2n) is 8.87. The monoisotopic (exact) mass is 432 g/mol. The number of hydrogen-bond donors (Lipinski definition) is 1. The summed E-state index contributed by atoms with van der Waals surface area (Å²) in [7, 11) is 0. The van der Waals surface area contributed by atoms with Crippen molar-refractivity contribution in [1.29, 1.82) is 0 Å². The molecule has 0 saturated carbocycles. The molecule has 5 rings (SSSR count). The smallest absolute Gasteiger partial charge is 0.131 e. The van der Waals surface area contributed by atoms with Gasteiger partial charge < -0.3 is 5.11 Å². The van der Waals surface area contributed by atoms with E-state index in [1.165, 1.54) is 11.6 Å². The fourth-order valence-electron chi connectivity index (χ4n) is 5.41. The largest absolute Gasteiger partial charge is 0.395 e. The van der Waals surface area contributed by atoms with E-state index in [9.17, 15) is 9.50 Å². The molecule has 1 aromatic heterocycles. The zero-order valence-electron chi connectivity index (χ0n) is 18.1. The topological polar surface area (TPSA) is 52.5 Å². The van der Waals surface area contributed by atoms with E-state index in [2.05, 4.69) is 31.9 Å². The van der Waals surface area contributed by atoms with Crippen LogP contribution >= 0.6 is 0 Å². The number of nitrogens with zero attached hydrogens (tertiary/aromatic N) is 4. The van der Waals surface area contributed by atoms with Gasteiger partial charge in [-0.25, -0.2) is 14.4 Å². The second kappa shape index (κ2) is 9.45. The van der Waals surface area contributed by atoms with Crippen LogP contribution in [0.3, 0.4) is 0 Å². The molecule has 166 valence electrons. The number of hydrogen-bond acceptors (Lipinski definition) is 5. The SMILES string of the molecule is OC[C@H]1[C@H](c2ccc(-c3ccccc3F)cc2)[C@@H]2CN(Cc3cncnc3)CCCCN12. The highest BCUT2D eigenvalue weighted by molar-refractivity contribution is 5.64. The Morgan fingerprint density at radius 3 is 2.47 bits per heavy atom. The zero-order valence-corrected chi connectivity index (χ0v) is 18.1. The highest BCUT2D eigenvalue weighted by Gasteiger charge is 2.49. The van der Waals surface area contributed by atoms with Crippen molar-refractivity contribution >= 4 is 0 Å². The van der Waals surface area contributed by atoms with Crippen molar-refractivity contribution < 1.29 is 9.50 Å². The Morgan fingerprint density at radius 2 is 1.72 bits per heavy atom. The van der Waals surface area contributed by atoms with Crippen molar-refractivity contribution in [3.05, 3.63) is 84.2 Å². The van der Waals surface area contributed by atoms with E-state index in [0.717, 1.165) is 50.1 Å². The molecule has 0 spiro atoms. The van der Waals surface area contributed by atoms with Crippen LogP contribution in [-0.4, -0.2) is 63.2 Å². The number of benzene rings is 2. The predicted molar refractivity (Wildman–Crippen MR) is 122 cm³/mol. The first-order chi connectivity index (χ1) is 15.7. The van der Waals surface area contributed by atoms with Crippen molar-refractivity contribution in [2.75, 3.05) is 26.2 Å². The minimum atomic E-state index is -0.205. The average Bonchev–Trinajstić information content (AvgIpc) is 2.81. The van der Waals surface area contributed by atoms with Crippen LogP contribution in [0.4, 0.5) is 4.39 Å². The van der Waals surface area contributed by atoms with Gasteiger partial charge in [0.1, 0.15) is 12.1 Å². The Labute approximate surface area is 188 Å². The molecule has 2 aromatic carbocycles. The van der Waals surface area contributed by atoms with Gasteiger partial charge in [0.2, 0.25) is 0 Å². The number of rotatable bonds is 5. The first kappa shape index (κ1) is 21.2. The normalized spacial score (nSPS) is 24.2. The predicted octanol–water partition coefficient (Wildman–Crippen LogP) is 3.71. The molecule has 0 radical (unpaired) electrons. The summed E-state index contributed by atoms with van der Waals surface area (Å²) in [5, 5.41) is 10.2. The highest BCUT2D eigenvalue weighted by Crippen LogP contribution is 2.42. The number of aromatic nitrogens is 2. The van der Waals surface area contributed by atoms with Gasteiger partial charge in [-0.1, -0.05) is 42.5 Å². The Morgan fingerprint density at radius 1 is 0.969 bits per heavy atom. The lowest BCUT2D eigenvalue weighted by molar-refractivity contribution is -0.0655. The van der Waals surface area contributed by atoms with Crippen molar-refractivity contribution in [3.63, 3.8) is 0 Å². The van der Waals surface area contributed by atoms with Crippen LogP contribution in [0.1, 0.15) is 29.9 Å². The highest BCUT2D eigenvalue weighted by atomic mass is 19.1. The summed E-state index contributed by atoms with van der Waals surface area (Å²) in [6.07, 6.45) is 7.63. The molecule has 3 atom stereocenters. The van der Waals surface area contributed by atoms with E-state index in [0.29, 0.717) is 11.6 Å². The van der Waals surface area contributed by atoms with Gasteiger partial charge in [-0.05, 0) is 43.1 Å². The molecule has 6 heteroatoms. The van der Waals surface area contributed by atoms with Crippen LogP contribution in [0.2, 0.25) is 0 Å². The van der Waals surface area contributed by atoms with Crippen LogP contribution in [0.15, 0.2) is 67.3 Å². The van der Waals surface area contributed by atoms with Crippen LogP contribution in [-0.2, 0) is 6.54 Å². The van der Waals surface area contributed by atoms with Gasteiger partial charge in [0, 0.05) is 54.6 Å². The van der Waals surface area contributed by atoms with Gasteiger partial charge in [0.15, 0.2) is 0 Å². The van der Waals surface area contributed by atoms with Crippen molar-refractivity contribution in [1.82, 2.24) is 19.8 Å². The molecule has 1 N–H and O–H groups in total. The van der Waals surface area contributed by atoms with E-state index in [4.69, 9.17) is 0 Å². The lowest BCUT2D eigenvalue weighted by atomic mass is 9.74. The molecule has 2 saturated heterocycles. The molecular formula is C26H29FN4O. The Bertz CT molecular complexity index is 1030. The summed E-state index contributed by atoms with van der Waals surface area (Å²) < 4.78 is 14.2. The molecule has 2 aliphatic rings. The lowest BCUT2D eigenvalue weighted by Crippen LogP contribution is -2.67. The van der Waals surface area contributed by atoms with E-state index in [-0.39, 0.29) is 24.4 Å². The number of aliphatic hydroxyl groups excluding tert-OH is 1. The summed E-state index contributed by atoms with van der Waals surface area (Å²) in [6, 6.07) is 15.6.